The highest BCUT2D eigenvalue weighted by molar-refractivity contribution is 6.17. The van der Waals surface area contributed by atoms with Crippen LogP contribution in [0.3, 0.4) is 0 Å². The molecule has 3 aromatic rings. The van der Waals surface area contributed by atoms with E-state index in [0.29, 0.717) is 17.3 Å². The minimum absolute atomic E-state index is 0.0224. The van der Waals surface area contributed by atoms with Crippen molar-refractivity contribution in [1.29, 1.82) is 5.26 Å². The Labute approximate surface area is 145 Å². The van der Waals surface area contributed by atoms with Gasteiger partial charge in [0.15, 0.2) is 5.82 Å². The van der Waals surface area contributed by atoms with Crippen LogP contribution in [-0.2, 0) is 5.88 Å². The predicted octanol–water partition coefficient (Wildman–Crippen LogP) is 4.12. The van der Waals surface area contributed by atoms with Gasteiger partial charge in [-0.15, -0.1) is 16.7 Å². The molecule has 0 radical (unpaired) electrons. The Morgan fingerprint density at radius 2 is 2.17 bits per heavy atom. The Hall–Kier alpha value is -2.71. The summed E-state index contributed by atoms with van der Waals surface area (Å²) in [4.78, 5) is 4.28. The van der Waals surface area contributed by atoms with E-state index in [1.807, 2.05) is 38.1 Å². The maximum absolute atomic E-state index is 9.20. The van der Waals surface area contributed by atoms with E-state index in [-0.39, 0.29) is 6.04 Å². The lowest BCUT2D eigenvalue weighted by molar-refractivity contribution is 0.855. The van der Waals surface area contributed by atoms with Crippen molar-refractivity contribution in [3.05, 3.63) is 59.0 Å². The van der Waals surface area contributed by atoms with Crippen molar-refractivity contribution in [3.8, 4) is 6.07 Å². The number of fused-ring (bicyclic) bond motifs is 1. The molecule has 0 bridgehead atoms. The molecular formula is C18H16ClN5. The van der Waals surface area contributed by atoms with E-state index < -0.39 is 0 Å². The number of anilines is 1. The Morgan fingerprint density at radius 1 is 1.33 bits per heavy atom. The molecule has 24 heavy (non-hydrogen) atoms. The number of nitrogens with zero attached hydrogens (tertiary/aromatic N) is 4. The van der Waals surface area contributed by atoms with Crippen molar-refractivity contribution >= 4 is 28.2 Å². The fraction of sp³-hybridized carbons (Fsp3) is 0.222. The Morgan fingerprint density at radius 3 is 2.92 bits per heavy atom. The van der Waals surface area contributed by atoms with Crippen LogP contribution in [0.5, 0.6) is 0 Å². The minimum Gasteiger partial charge on any atom is -0.362 e. The molecule has 0 aliphatic rings. The van der Waals surface area contributed by atoms with Crippen LogP contribution < -0.4 is 5.32 Å². The average molecular weight is 338 g/mol. The van der Waals surface area contributed by atoms with Crippen LogP contribution in [0.15, 0.2) is 36.7 Å². The second-order valence-electron chi connectivity index (χ2n) is 5.59. The Kier molecular flexibility index (Phi) is 4.59. The fourth-order valence-electron chi connectivity index (χ4n) is 2.73. The lowest BCUT2D eigenvalue weighted by atomic mass is 9.98. The first-order chi connectivity index (χ1) is 11.6. The number of halogens is 1. The molecule has 0 fully saturated rings. The molecule has 0 amide bonds. The summed E-state index contributed by atoms with van der Waals surface area (Å²) in [5.74, 6) is 1.02. The predicted molar refractivity (Wildman–Crippen MR) is 94.8 cm³/mol. The first-order valence-corrected chi connectivity index (χ1v) is 8.10. The second-order valence-corrected chi connectivity index (χ2v) is 5.85. The first-order valence-electron chi connectivity index (χ1n) is 7.56. The zero-order chi connectivity index (χ0) is 17.1. The minimum atomic E-state index is -0.0224. The van der Waals surface area contributed by atoms with E-state index in [4.69, 9.17) is 11.6 Å². The van der Waals surface area contributed by atoms with Gasteiger partial charge in [-0.2, -0.15) is 10.4 Å². The molecule has 3 rings (SSSR count). The molecule has 0 aliphatic carbocycles. The number of alkyl halides is 1. The van der Waals surface area contributed by atoms with Gasteiger partial charge in [-0.1, -0.05) is 12.1 Å². The summed E-state index contributed by atoms with van der Waals surface area (Å²) in [6, 6.07) is 9.84. The van der Waals surface area contributed by atoms with Crippen LogP contribution in [0.25, 0.3) is 10.8 Å². The quantitative estimate of drug-likeness (QED) is 0.725. The summed E-state index contributed by atoms with van der Waals surface area (Å²) in [6.45, 7) is 3.99. The van der Waals surface area contributed by atoms with Crippen LogP contribution in [-0.4, -0.2) is 15.2 Å². The van der Waals surface area contributed by atoms with Gasteiger partial charge in [-0.25, -0.2) is 0 Å². The number of hydrogen-bond donors (Lipinski definition) is 1. The molecule has 0 spiro atoms. The number of pyridine rings is 1. The van der Waals surface area contributed by atoms with Gasteiger partial charge in [-0.3, -0.25) is 4.98 Å². The smallest absolute Gasteiger partial charge is 0.157 e. The number of rotatable bonds is 4. The second kappa shape index (κ2) is 6.81. The van der Waals surface area contributed by atoms with Crippen molar-refractivity contribution in [3.63, 3.8) is 0 Å². The van der Waals surface area contributed by atoms with Crippen LogP contribution in [0.4, 0.5) is 5.82 Å². The van der Waals surface area contributed by atoms with Gasteiger partial charge in [0.2, 0.25) is 0 Å². The molecule has 1 N–H and O–H groups in total. The number of nitriles is 1. The summed E-state index contributed by atoms with van der Waals surface area (Å²) in [7, 11) is 0. The SMILES string of the molecule is Cc1c(C#N)cccc1C(C)Nc1nncc2cnc(CCl)cc12. The highest BCUT2D eigenvalue weighted by Gasteiger charge is 2.13. The monoisotopic (exact) mass is 337 g/mol. The van der Waals surface area contributed by atoms with Gasteiger partial charge in [0.05, 0.1) is 35.4 Å². The van der Waals surface area contributed by atoms with Crippen molar-refractivity contribution in [2.75, 3.05) is 5.32 Å². The third kappa shape index (κ3) is 3.01. The standard InChI is InChI=1S/C18H16ClN5/c1-11-13(8-20)4-3-5-16(11)12(2)23-18-17-6-15(7-19)21-9-14(17)10-22-24-18/h3-6,9-10,12H,7H2,1-2H3,(H,23,24). The third-order valence-corrected chi connectivity index (χ3v) is 4.33. The van der Waals surface area contributed by atoms with Gasteiger partial charge < -0.3 is 5.32 Å². The van der Waals surface area contributed by atoms with E-state index in [2.05, 4.69) is 26.6 Å². The van der Waals surface area contributed by atoms with Gasteiger partial charge in [0.1, 0.15) is 0 Å². The van der Waals surface area contributed by atoms with Gasteiger partial charge in [0, 0.05) is 17.0 Å². The Balaban J connectivity index is 1.99. The van der Waals surface area contributed by atoms with Gasteiger partial charge >= 0.3 is 0 Å². The molecule has 5 nitrogen and oxygen atoms in total. The fourth-order valence-corrected chi connectivity index (χ4v) is 2.87. The largest absolute Gasteiger partial charge is 0.362 e. The first kappa shape index (κ1) is 16.2. The summed E-state index contributed by atoms with van der Waals surface area (Å²) >= 11 is 5.89. The normalized spacial score (nSPS) is 11.9. The zero-order valence-corrected chi connectivity index (χ0v) is 14.2. The maximum atomic E-state index is 9.20. The molecular weight excluding hydrogens is 322 g/mol. The summed E-state index contributed by atoms with van der Waals surface area (Å²) < 4.78 is 0. The molecule has 1 unspecified atom stereocenters. The molecule has 2 heterocycles. The third-order valence-electron chi connectivity index (χ3n) is 4.05. The lowest BCUT2D eigenvalue weighted by Gasteiger charge is -2.18. The molecule has 120 valence electrons. The highest BCUT2D eigenvalue weighted by Crippen LogP contribution is 2.27. The number of hydrogen-bond acceptors (Lipinski definition) is 5. The topological polar surface area (TPSA) is 74.5 Å². The van der Waals surface area contributed by atoms with E-state index in [1.165, 1.54) is 0 Å². The molecule has 0 aliphatic heterocycles. The molecule has 1 aromatic carbocycles. The average Bonchev–Trinajstić information content (AvgIpc) is 2.61. The van der Waals surface area contributed by atoms with E-state index >= 15 is 0 Å². The summed E-state index contributed by atoms with van der Waals surface area (Å²) in [5, 5.41) is 22.7. The van der Waals surface area contributed by atoms with Gasteiger partial charge in [0.25, 0.3) is 0 Å². The van der Waals surface area contributed by atoms with Gasteiger partial charge in [-0.05, 0) is 37.1 Å². The molecule has 6 heteroatoms. The molecule has 2 aromatic heterocycles. The highest BCUT2D eigenvalue weighted by atomic mass is 35.5. The van der Waals surface area contributed by atoms with Crippen LogP contribution in [0.2, 0.25) is 0 Å². The lowest BCUT2D eigenvalue weighted by Crippen LogP contribution is -2.11. The molecule has 0 saturated carbocycles. The number of nitrogens with one attached hydrogen (secondary N) is 1. The summed E-state index contributed by atoms with van der Waals surface area (Å²) in [5.41, 5.74) is 3.49. The molecule has 1 atom stereocenters. The van der Waals surface area contributed by atoms with E-state index in [1.54, 1.807) is 12.4 Å². The number of benzene rings is 1. The van der Waals surface area contributed by atoms with Crippen LogP contribution in [0, 0.1) is 18.3 Å². The summed E-state index contributed by atoms with van der Waals surface area (Å²) in [6.07, 6.45) is 3.43. The molecule has 0 saturated heterocycles. The van der Waals surface area contributed by atoms with Crippen LogP contribution in [0.1, 0.15) is 35.3 Å². The maximum Gasteiger partial charge on any atom is 0.157 e. The van der Waals surface area contributed by atoms with Crippen LogP contribution >= 0.6 is 11.6 Å². The number of aromatic nitrogens is 3. The Bertz CT molecular complexity index is 932. The van der Waals surface area contributed by atoms with Crippen molar-refractivity contribution in [2.24, 2.45) is 0 Å². The van der Waals surface area contributed by atoms with E-state index in [9.17, 15) is 5.26 Å². The zero-order valence-electron chi connectivity index (χ0n) is 13.4. The van der Waals surface area contributed by atoms with E-state index in [0.717, 1.165) is 27.6 Å². The van der Waals surface area contributed by atoms with Crippen molar-refractivity contribution < 1.29 is 0 Å². The van der Waals surface area contributed by atoms with Crippen molar-refractivity contribution in [1.82, 2.24) is 15.2 Å². The van der Waals surface area contributed by atoms with Crippen molar-refractivity contribution in [2.45, 2.75) is 25.8 Å².